The van der Waals surface area contributed by atoms with Crippen molar-refractivity contribution in [1.82, 2.24) is 10.3 Å². The fourth-order valence-electron chi connectivity index (χ4n) is 1.87. The van der Waals surface area contributed by atoms with Crippen molar-refractivity contribution in [3.8, 4) is 0 Å². The van der Waals surface area contributed by atoms with E-state index in [1.807, 2.05) is 26.0 Å². The first-order valence-corrected chi connectivity index (χ1v) is 6.32. The summed E-state index contributed by atoms with van der Waals surface area (Å²) in [4.78, 5) is 24.7. The van der Waals surface area contributed by atoms with E-state index in [1.54, 1.807) is 0 Å². The van der Waals surface area contributed by atoms with Crippen LogP contribution in [0.25, 0.3) is 12.2 Å². The van der Waals surface area contributed by atoms with Gasteiger partial charge < -0.3 is 10.3 Å². The molecule has 0 saturated carbocycles. The molecule has 4 heteroatoms. The van der Waals surface area contributed by atoms with E-state index in [-0.39, 0.29) is 12.1 Å². The second-order valence-electron chi connectivity index (χ2n) is 4.08. The highest BCUT2D eigenvalue weighted by molar-refractivity contribution is 5.46. The van der Waals surface area contributed by atoms with E-state index in [4.69, 9.17) is 0 Å². The fourth-order valence-corrected chi connectivity index (χ4v) is 1.87. The maximum absolute atomic E-state index is 11.6. The molecule has 4 nitrogen and oxygen atoms in total. The third-order valence-electron chi connectivity index (χ3n) is 2.71. The van der Waals surface area contributed by atoms with Gasteiger partial charge in [-0.15, -0.1) is 0 Å². The van der Waals surface area contributed by atoms with Crippen molar-refractivity contribution in [2.45, 2.75) is 33.7 Å². The molecule has 0 aliphatic heterocycles. The molecule has 98 valence electrons. The smallest absolute Gasteiger partial charge is 0.253 e. The molecule has 0 bridgehead atoms. The van der Waals surface area contributed by atoms with Gasteiger partial charge in [-0.2, -0.15) is 0 Å². The van der Waals surface area contributed by atoms with Crippen molar-refractivity contribution in [2.75, 3.05) is 0 Å². The highest BCUT2D eigenvalue weighted by Gasteiger charge is 2.05. The van der Waals surface area contributed by atoms with Crippen LogP contribution in [0.1, 0.15) is 32.8 Å². The SMILES string of the molecule is CC.CC1C=c2cc(CNC=O)c(=O)[nH]c2=CC1. The summed E-state index contributed by atoms with van der Waals surface area (Å²) < 4.78 is 0. The number of aromatic amines is 1. The largest absolute Gasteiger partial charge is 0.354 e. The number of hydrogen-bond acceptors (Lipinski definition) is 2. The molecule has 1 heterocycles. The molecular formula is C14H20N2O2. The highest BCUT2D eigenvalue weighted by Crippen LogP contribution is 2.05. The predicted octanol–water partition coefficient (Wildman–Crippen LogP) is 0.248. The molecular weight excluding hydrogens is 228 g/mol. The number of fused-ring (bicyclic) bond motifs is 1. The van der Waals surface area contributed by atoms with Crippen LogP contribution in [-0.2, 0) is 11.3 Å². The summed E-state index contributed by atoms with van der Waals surface area (Å²) in [5.74, 6) is 0.491. The van der Waals surface area contributed by atoms with Gasteiger partial charge in [-0.25, -0.2) is 0 Å². The fraction of sp³-hybridized carbons (Fsp3) is 0.429. The standard InChI is InChI=1S/C12H14N2O2.C2H6/c1-8-2-3-11-9(4-8)5-10(6-13-7-15)12(16)14-11;1-2/h3-5,7-8H,2,6H2,1H3,(H,13,15)(H,14,16);1-2H3. The van der Waals surface area contributed by atoms with Gasteiger partial charge >= 0.3 is 0 Å². The van der Waals surface area contributed by atoms with Gasteiger partial charge in [-0.3, -0.25) is 9.59 Å². The molecule has 0 fully saturated rings. The van der Waals surface area contributed by atoms with Gasteiger partial charge in [0.05, 0.1) is 0 Å². The molecule has 1 amide bonds. The van der Waals surface area contributed by atoms with Crippen molar-refractivity contribution in [3.05, 3.63) is 32.6 Å². The van der Waals surface area contributed by atoms with Gasteiger partial charge in [0.25, 0.3) is 5.56 Å². The zero-order chi connectivity index (χ0) is 13.5. The minimum absolute atomic E-state index is 0.132. The second kappa shape index (κ2) is 6.79. The van der Waals surface area contributed by atoms with Crippen molar-refractivity contribution in [3.63, 3.8) is 0 Å². The van der Waals surface area contributed by atoms with Crippen LogP contribution in [0.15, 0.2) is 10.9 Å². The van der Waals surface area contributed by atoms with Crippen molar-refractivity contribution < 1.29 is 4.79 Å². The molecule has 2 rings (SSSR count). The Morgan fingerprint density at radius 1 is 1.50 bits per heavy atom. The van der Waals surface area contributed by atoms with Crippen LogP contribution < -0.4 is 21.4 Å². The summed E-state index contributed by atoms with van der Waals surface area (Å²) in [5.41, 5.74) is 0.455. The first-order chi connectivity index (χ1) is 8.70. The van der Waals surface area contributed by atoms with Crippen LogP contribution in [-0.4, -0.2) is 11.4 Å². The molecule has 1 aliphatic carbocycles. The Kier molecular flexibility index (Phi) is 5.36. The zero-order valence-electron chi connectivity index (χ0n) is 11.1. The lowest BCUT2D eigenvalue weighted by atomic mass is 10.0. The normalized spacial score (nSPS) is 16.3. The monoisotopic (exact) mass is 248 g/mol. The van der Waals surface area contributed by atoms with E-state index in [9.17, 15) is 9.59 Å². The molecule has 2 N–H and O–H groups in total. The first kappa shape index (κ1) is 14.2. The van der Waals surface area contributed by atoms with Gasteiger partial charge in [0.1, 0.15) is 0 Å². The van der Waals surface area contributed by atoms with Gasteiger partial charge in [0.2, 0.25) is 6.41 Å². The quantitative estimate of drug-likeness (QED) is 0.753. The molecule has 1 aromatic rings. The molecule has 0 spiro atoms. The molecule has 1 unspecified atom stereocenters. The summed E-state index contributed by atoms with van der Waals surface area (Å²) in [7, 11) is 0. The van der Waals surface area contributed by atoms with Crippen LogP contribution in [0.2, 0.25) is 0 Å². The van der Waals surface area contributed by atoms with E-state index in [0.29, 0.717) is 17.9 Å². The van der Waals surface area contributed by atoms with Crippen molar-refractivity contribution in [1.29, 1.82) is 0 Å². The second-order valence-corrected chi connectivity index (χ2v) is 4.08. The third-order valence-corrected chi connectivity index (χ3v) is 2.71. The van der Waals surface area contributed by atoms with E-state index in [0.717, 1.165) is 17.0 Å². The number of carbonyl (C=O) groups is 1. The Hall–Kier alpha value is -1.84. The molecule has 1 atom stereocenters. The Morgan fingerprint density at radius 3 is 2.89 bits per heavy atom. The average molecular weight is 248 g/mol. The third kappa shape index (κ3) is 3.32. The Labute approximate surface area is 106 Å². The van der Waals surface area contributed by atoms with E-state index in [1.165, 1.54) is 0 Å². The van der Waals surface area contributed by atoms with Gasteiger partial charge in [0.15, 0.2) is 0 Å². The number of carbonyl (C=O) groups excluding carboxylic acids is 1. The minimum Gasteiger partial charge on any atom is -0.354 e. The number of aromatic nitrogens is 1. The van der Waals surface area contributed by atoms with Gasteiger partial charge in [-0.05, 0) is 23.6 Å². The Bertz CT molecular complexity index is 572. The topological polar surface area (TPSA) is 62.0 Å². The number of hydrogen-bond donors (Lipinski definition) is 2. The number of H-pyrrole nitrogens is 1. The lowest BCUT2D eigenvalue weighted by Crippen LogP contribution is -2.39. The summed E-state index contributed by atoms with van der Waals surface area (Å²) in [5, 5.41) is 4.43. The summed E-state index contributed by atoms with van der Waals surface area (Å²) in [6.07, 6.45) is 5.72. The predicted molar refractivity (Wildman–Crippen MR) is 73.3 cm³/mol. The summed E-state index contributed by atoms with van der Waals surface area (Å²) in [6, 6.07) is 1.84. The van der Waals surface area contributed by atoms with Crippen LogP contribution in [0, 0.1) is 5.92 Å². The van der Waals surface area contributed by atoms with Crippen LogP contribution >= 0.6 is 0 Å². The summed E-state index contributed by atoms with van der Waals surface area (Å²) in [6.45, 7) is 6.40. The maximum Gasteiger partial charge on any atom is 0.253 e. The molecule has 0 radical (unpaired) electrons. The average Bonchev–Trinajstić information content (AvgIpc) is 2.39. The highest BCUT2D eigenvalue weighted by atomic mass is 16.1. The van der Waals surface area contributed by atoms with E-state index >= 15 is 0 Å². The number of rotatable bonds is 3. The molecule has 0 aromatic carbocycles. The number of pyridine rings is 1. The van der Waals surface area contributed by atoms with E-state index in [2.05, 4.69) is 23.3 Å². The minimum atomic E-state index is -0.132. The van der Waals surface area contributed by atoms with Crippen LogP contribution in [0.4, 0.5) is 0 Å². The number of amides is 1. The van der Waals surface area contributed by atoms with E-state index < -0.39 is 0 Å². The number of nitrogens with one attached hydrogen (secondary N) is 2. The van der Waals surface area contributed by atoms with Gasteiger partial charge in [-0.1, -0.05) is 32.9 Å². The molecule has 1 aromatic heterocycles. The lowest BCUT2D eigenvalue weighted by Gasteiger charge is -2.08. The Balaban J connectivity index is 0.000000771. The molecule has 1 aliphatic rings. The first-order valence-electron chi connectivity index (χ1n) is 6.32. The molecule has 0 saturated heterocycles. The van der Waals surface area contributed by atoms with Crippen molar-refractivity contribution in [2.24, 2.45) is 5.92 Å². The van der Waals surface area contributed by atoms with Crippen molar-refractivity contribution >= 4 is 18.6 Å². The maximum atomic E-state index is 11.6. The Morgan fingerprint density at radius 2 is 2.22 bits per heavy atom. The van der Waals surface area contributed by atoms with Crippen LogP contribution in [0.3, 0.4) is 0 Å². The lowest BCUT2D eigenvalue weighted by molar-refractivity contribution is -0.109. The van der Waals surface area contributed by atoms with Gasteiger partial charge in [0, 0.05) is 17.5 Å². The molecule has 18 heavy (non-hydrogen) atoms. The zero-order valence-corrected chi connectivity index (χ0v) is 11.1. The summed E-state index contributed by atoms with van der Waals surface area (Å²) >= 11 is 0. The van der Waals surface area contributed by atoms with Crippen LogP contribution in [0.5, 0.6) is 0 Å².